The standard InChI is InChI=1S/C20H20Cl2F3N3O/c1-12(13-2-4-16(21)5-3-13)27-19(29)14-6-8-28(9-7-14)18-17(22)10-15(11-26-18)20(23,24)25/h2-5,10-12,14H,6-9H2,1H3,(H,27,29). The van der Waals surface area contributed by atoms with Gasteiger partial charge in [0.05, 0.1) is 16.6 Å². The fraction of sp³-hybridized carbons (Fsp3) is 0.400. The van der Waals surface area contributed by atoms with Gasteiger partial charge in [0.15, 0.2) is 0 Å². The Labute approximate surface area is 177 Å². The largest absolute Gasteiger partial charge is 0.417 e. The van der Waals surface area contributed by atoms with Crippen LogP contribution in [0.15, 0.2) is 36.5 Å². The fourth-order valence-corrected chi connectivity index (χ4v) is 3.75. The predicted octanol–water partition coefficient (Wildman–Crippen LogP) is 5.50. The van der Waals surface area contributed by atoms with Crippen LogP contribution in [0.1, 0.15) is 36.9 Å². The summed E-state index contributed by atoms with van der Waals surface area (Å²) < 4.78 is 38.3. The number of pyridine rings is 1. The maximum Gasteiger partial charge on any atom is 0.417 e. The molecule has 1 aliphatic rings. The van der Waals surface area contributed by atoms with Gasteiger partial charge in [-0.15, -0.1) is 0 Å². The lowest BCUT2D eigenvalue weighted by Gasteiger charge is -2.33. The number of piperidine rings is 1. The molecule has 1 aromatic heterocycles. The molecule has 29 heavy (non-hydrogen) atoms. The molecular formula is C20H20Cl2F3N3O. The summed E-state index contributed by atoms with van der Waals surface area (Å²) in [6.45, 7) is 2.89. The van der Waals surface area contributed by atoms with E-state index in [2.05, 4.69) is 10.3 Å². The van der Waals surface area contributed by atoms with Gasteiger partial charge in [0.2, 0.25) is 5.91 Å². The Kier molecular flexibility index (Phi) is 6.58. The van der Waals surface area contributed by atoms with Gasteiger partial charge in [0.25, 0.3) is 0 Å². The monoisotopic (exact) mass is 445 g/mol. The maximum absolute atomic E-state index is 12.8. The summed E-state index contributed by atoms with van der Waals surface area (Å²) in [6, 6.07) is 8.03. The number of nitrogens with zero attached hydrogens (tertiary/aromatic N) is 2. The molecule has 4 nitrogen and oxygen atoms in total. The lowest BCUT2D eigenvalue weighted by molar-refractivity contribution is -0.137. The summed E-state index contributed by atoms with van der Waals surface area (Å²) in [4.78, 5) is 18.3. The zero-order chi connectivity index (χ0) is 21.2. The molecule has 1 N–H and O–H groups in total. The molecule has 1 amide bonds. The van der Waals surface area contributed by atoms with Gasteiger partial charge in [-0.05, 0) is 43.5 Å². The quantitative estimate of drug-likeness (QED) is 0.675. The molecule has 0 aliphatic carbocycles. The van der Waals surface area contributed by atoms with Crippen molar-refractivity contribution in [3.8, 4) is 0 Å². The Hall–Kier alpha value is -1.99. The van der Waals surface area contributed by atoms with E-state index in [0.717, 1.165) is 17.8 Å². The highest BCUT2D eigenvalue weighted by Crippen LogP contribution is 2.34. The van der Waals surface area contributed by atoms with Crippen LogP contribution in [0.3, 0.4) is 0 Å². The minimum absolute atomic E-state index is 0.0425. The molecule has 3 rings (SSSR count). The Morgan fingerprint density at radius 1 is 1.21 bits per heavy atom. The van der Waals surface area contributed by atoms with Crippen LogP contribution in [0.4, 0.5) is 19.0 Å². The van der Waals surface area contributed by atoms with Gasteiger partial charge in [0.1, 0.15) is 5.82 Å². The van der Waals surface area contributed by atoms with Crippen LogP contribution in [-0.2, 0) is 11.0 Å². The van der Waals surface area contributed by atoms with Crippen LogP contribution in [0.5, 0.6) is 0 Å². The SMILES string of the molecule is CC(NC(=O)C1CCN(c2ncc(C(F)(F)F)cc2Cl)CC1)c1ccc(Cl)cc1. The topological polar surface area (TPSA) is 45.2 Å². The average molecular weight is 446 g/mol. The molecule has 1 aromatic carbocycles. The smallest absolute Gasteiger partial charge is 0.355 e. The third kappa shape index (κ3) is 5.34. The van der Waals surface area contributed by atoms with Crippen molar-refractivity contribution in [3.05, 3.63) is 57.7 Å². The molecule has 1 fully saturated rings. The molecule has 9 heteroatoms. The summed E-state index contributed by atoms with van der Waals surface area (Å²) in [5.74, 6) is 0.0980. The van der Waals surface area contributed by atoms with Crippen molar-refractivity contribution in [1.82, 2.24) is 10.3 Å². The van der Waals surface area contributed by atoms with Gasteiger partial charge < -0.3 is 10.2 Å². The molecule has 0 saturated carbocycles. The Morgan fingerprint density at radius 2 is 1.83 bits per heavy atom. The number of amides is 1. The second kappa shape index (κ2) is 8.79. The van der Waals surface area contributed by atoms with Gasteiger partial charge in [-0.2, -0.15) is 13.2 Å². The fourth-order valence-electron chi connectivity index (χ4n) is 3.34. The normalized spacial score (nSPS) is 16.6. The number of aromatic nitrogens is 1. The zero-order valence-corrected chi connectivity index (χ0v) is 17.2. The molecule has 0 radical (unpaired) electrons. The number of rotatable bonds is 4. The van der Waals surface area contributed by atoms with E-state index < -0.39 is 11.7 Å². The molecule has 156 valence electrons. The number of carbonyl (C=O) groups is 1. The first-order valence-electron chi connectivity index (χ1n) is 9.18. The van der Waals surface area contributed by atoms with Crippen molar-refractivity contribution in [2.75, 3.05) is 18.0 Å². The Balaban J connectivity index is 1.57. The van der Waals surface area contributed by atoms with Crippen LogP contribution in [-0.4, -0.2) is 24.0 Å². The maximum atomic E-state index is 12.8. The van der Waals surface area contributed by atoms with Crippen molar-refractivity contribution >= 4 is 34.9 Å². The lowest BCUT2D eigenvalue weighted by atomic mass is 9.95. The van der Waals surface area contributed by atoms with Crippen molar-refractivity contribution < 1.29 is 18.0 Å². The van der Waals surface area contributed by atoms with Crippen LogP contribution in [0, 0.1) is 5.92 Å². The average Bonchev–Trinajstić information content (AvgIpc) is 2.68. The number of nitrogens with one attached hydrogen (secondary N) is 1. The number of hydrogen-bond acceptors (Lipinski definition) is 3. The number of carbonyl (C=O) groups excluding carboxylic acids is 1. The van der Waals surface area contributed by atoms with Crippen molar-refractivity contribution in [2.24, 2.45) is 5.92 Å². The number of alkyl halides is 3. The second-order valence-electron chi connectivity index (χ2n) is 7.07. The van der Waals surface area contributed by atoms with E-state index in [1.54, 1.807) is 12.1 Å². The van der Waals surface area contributed by atoms with Crippen LogP contribution in [0.25, 0.3) is 0 Å². The molecule has 1 aliphatic heterocycles. The minimum Gasteiger partial charge on any atom is -0.355 e. The lowest BCUT2D eigenvalue weighted by Crippen LogP contribution is -2.41. The van der Waals surface area contributed by atoms with Crippen LogP contribution in [0.2, 0.25) is 10.0 Å². The van der Waals surface area contributed by atoms with Crippen LogP contribution < -0.4 is 10.2 Å². The zero-order valence-electron chi connectivity index (χ0n) is 15.6. The number of benzene rings is 1. The molecule has 1 unspecified atom stereocenters. The highest BCUT2D eigenvalue weighted by Gasteiger charge is 2.33. The van der Waals surface area contributed by atoms with Crippen molar-refractivity contribution in [1.29, 1.82) is 0 Å². The van der Waals surface area contributed by atoms with E-state index in [9.17, 15) is 18.0 Å². The molecule has 2 aromatic rings. The van der Waals surface area contributed by atoms with Gasteiger partial charge in [0, 0.05) is 30.2 Å². The predicted molar refractivity (Wildman–Crippen MR) is 107 cm³/mol. The summed E-state index contributed by atoms with van der Waals surface area (Å²) >= 11 is 11.9. The highest BCUT2D eigenvalue weighted by atomic mass is 35.5. The first-order valence-corrected chi connectivity index (χ1v) is 9.94. The summed E-state index contributed by atoms with van der Waals surface area (Å²) in [6.07, 6.45) is -2.56. The van der Waals surface area contributed by atoms with Crippen molar-refractivity contribution in [2.45, 2.75) is 32.0 Å². The Morgan fingerprint density at radius 3 is 2.38 bits per heavy atom. The second-order valence-corrected chi connectivity index (χ2v) is 7.91. The third-order valence-corrected chi connectivity index (χ3v) is 5.57. The van der Waals surface area contributed by atoms with Gasteiger partial charge in [-0.3, -0.25) is 4.79 Å². The summed E-state index contributed by atoms with van der Waals surface area (Å²) in [5, 5.41) is 3.60. The van der Waals surface area contributed by atoms with Gasteiger partial charge >= 0.3 is 6.18 Å². The minimum atomic E-state index is -4.49. The first kappa shape index (κ1) is 21.7. The molecule has 2 heterocycles. The molecule has 1 atom stereocenters. The molecule has 0 bridgehead atoms. The van der Waals surface area contributed by atoms with Gasteiger partial charge in [-0.1, -0.05) is 35.3 Å². The molecule has 1 saturated heterocycles. The number of anilines is 1. The first-order chi connectivity index (χ1) is 13.6. The van der Waals surface area contributed by atoms with E-state index in [-0.39, 0.29) is 22.9 Å². The summed E-state index contributed by atoms with van der Waals surface area (Å²) in [5.41, 5.74) is 0.0811. The van der Waals surface area contributed by atoms with E-state index in [1.807, 2.05) is 24.0 Å². The van der Waals surface area contributed by atoms with E-state index in [1.165, 1.54) is 0 Å². The molecular weight excluding hydrogens is 426 g/mol. The number of hydrogen-bond donors (Lipinski definition) is 1. The van der Waals surface area contributed by atoms with Gasteiger partial charge in [-0.25, -0.2) is 4.98 Å². The van der Waals surface area contributed by atoms with Crippen molar-refractivity contribution in [3.63, 3.8) is 0 Å². The summed E-state index contributed by atoms with van der Waals surface area (Å²) in [7, 11) is 0. The van der Waals surface area contributed by atoms with Crippen LogP contribution >= 0.6 is 23.2 Å². The highest BCUT2D eigenvalue weighted by molar-refractivity contribution is 6.33. The van der Waals surface area contributed by atoms with E-state index in [0.29, 0.717) is 36.8 Å². The third-order valence-electron chi connectivity index (χ3n) is 5.04. The van der Waals surface area contributed by atoms with E-state index >= 15 is 0 Å². The van der Waals surface area contributed by atoms with E-state index in [4.69, 9.17) is 23.2 Å². The molecule has 0 spiro atoms. The Bertz CT molecular complexity index is 866. The number of halogens is 5.